The van der Waals surface area contributed by atoms with Crippen LogP contribution in [0.25, 0.3) is 0 Å². The molecule has 3 N–H and O–H groups in total. The van der Waals surface area contributed by atoms with Gasteiger partial charge in [0.25, 0.3) is 0 Å². The number of amides is 1. The second-order valence-corrected chi connectivity index (χ2v) is 5.08. The molecule has 0 saturated carbocycles. The maximum Gasteiger partial charge on any atom is 0.231 e. The predicted octanol–water partition coefficient (Wildman–Crippen LogP) is 1.03. The van der Waals surface area contributed by atoms with Gasteiger partial charge in [0, 0.05) is 25.2 Å². The largest absolute Gasteiger partial charge is 0.369 e. The standard InChI is InChI=1S/C14H21N3O/c1-10(2)17(9-14(15)18)13-8-16-7-11-5-3-4-6-12(11)13/h3-6,10,13,16H,7-9H2,1-2H3,(H2,15,18). The van der Waals surface area contributed by atoms with E-state index in [4.69, 9.17) is 5.73 Å². The minimum atomic E-state index is -0.272. The molecule has 18 heavy (non-hydrogen) atoms. The second-order valence-electron chi connectivity index (χ2n) is 5.08. The van der Waals surface area contributed by atoms with Crippen LogP contribution in [0.5, 0.6) is 0 Å². The maximum absolute atomic E-state index is 11.2. The van der Waals surface area contributed by atoms with Crippen LogP contribution in [0.2, 0.25) is 0 Å². The summed E-state index contributed by atoms with van der Waals surface area (Å²) in [7, 11) is 0. The van der Waals surface area contributed by atoms with E-state index in [9.17, 15) is 4.79 Å². The molecule has 0 aromatic heterocycles. The topological polar surface area (TPSA) is 58.4 Å². The summed E-state index contributed by atoms with van der Waals surface area (Å²) < 4.78 is 0. The normalized spacial score (nSPS) is 19.0. The molecule has 1 atom stereocenters. The molecule has 0 fully saturated rings. The Hall–Kier alpha value is -1.39. The molecule has 1 unspecified atom stereocenters. The Balaban J connectivity index is 2.29. The number of hydrogen-bond donors (Lipinski definition) is 2. The van der Waals surface area contributed by atoms with Gasteiger partial charge in [0.1, 0.15) is 0 Å². The molecule has 0 spiro atoms. The van der Waals surface area contributed by atoms with Crippen molar-refractivity contribution < 1.29 is 4.79 Å². The number of rotatable bonds is 4. The van der Waals surface area contributed by atoms with Crippen molar-refractivity contribution in [3.63, 3.8) is 0 Å². The van der Waals surface area contributed by atoms with E-state index in [1.54, 1.807) is 0 Å². The first-order valence-corrected chi connectivity index (χ1v) is 6.42. The van der Waals surface area contributed by atoms with Crippen LogP contribution in [0.4, 0.5) is 0 Å². The number of fused-ring (bicyclic) bond motifs is 1. The van der Waals surface area contributed by atoms with Crippen molar-refractivity contribution in [3.05, 3.63) is 35.4 Å². The molecule has 0 bridgehead atoms. The van der Waals surface area contributed by atoms with E-state index in [1.807, 2.05) is 0 Å². The smallest absolute Gasteiger partial charge is 0.231 e. The number of nitrogens with zero attached hydrogens (tertiary/aromatic N) is 1. The fraction of sp³-hybridized carbons (Fsp3) is 0.500. The van der Waals surface area contributed by atoms with Gasteiger partial charge >= 0.3 is 0 Å². The fourth-order valence-electron chi connectivity index (χ4n) is 2.60. The van der Waals surface area contributed by atoms with Gasteiger partial charge in [-0.3, -0.25) is 9.69 Å². The number of primary amides is 1. The molecule has 98 valence electrons. The monoisotopic (exact) mass is 247 g/mol. The summed E-state index contributed by atoms with van der Waals surface area (Å²) in [5, 5.41) is 3.41. The summed E-state index contributed by atoms with van der Waals surface area (Å²) in [6.07, 6.45) is 0. The summed E-state index contributed by atoms with van der Waals surface area (Å²) in [6, 6.07) is 8.91. The summed E-state index contributed by atoms with van der Waals surface area (Å²) >= 11 is 0. The molecule has 4 nitrogen and oxygen atoms in total. The Kier molecular flexibility index (Phi) is 3.99. The molecule has 4 heteroatoms. The molecule has 1 amide bonds. The summed E-state index contributed by atoms with van der Waals surface area (Å²) in [5.74, 6) is -0.272. The number of hydrogen-bond acceptors (Lipinski definition) is 3. The van der Waals surface area contributed by atoms with E-state index in [0.29, 0.717) is 6.54 Å². The van der Waals surface area contributed by atoms with Crippen molar-refractivity contribution >= 4 is 5.91 Å². The van der Waals surface area contributed by atoms with E-state index < -0.39 is 0 Å². The van der Waals surface area contributed by atoms with Gasteiger partial charge in [-0.25, -0.2) is 0 Å². The van der Waals surface area contributed by atoms with Crippen LogP contribution in [0.3, 0.4) is 0 Å². The first-order chi connectivity index (χ1) is 8.59. The molecular formula is C14H21N3O. The first kappa shape index (κ1) is 13.1. The highest BCUT2D eigenvalue weighted by Crippen LogP contribution is 2.28. The van der Waals surface area contributed by atoms with Gasteiger partial charge in [-0.15, -0.1) is 0 Å². The Labute approximate surface area is 108 Å². The number of benzene rings is 1. The molecular weight excluding hydrogens is 226 g/mol. The highest BCUT2D eigenvalue weighted by molar-refractivity contribution is 5.76. The molecule has 1 aromatic carbocycles. The quantitative estimate of drug-likeness (QED) is 0.835. The van der Waals surface area contributed by atoms with Crippen LogP contribution in [0.15, 0.2) is 24.3 Å². The van der Waals surface area contributed by atoms with E-state index in [0.717, 1.165) is 13.1 Å². The summed E-state index contributed by atoms with van der Waals surface area (Å²) in [6.45, 7) is 6.26. The molecule has 1 aliphatic rings. The third kappa shape index (κ3) is 2.71. The van der Waals surface area contributed by atoms with Crippen LogP contribution < -0.4 is 11.1 Å². The van der Waals surface area contributed by atoms with Gasteiger partial charge in [0.15, 0.2) is 0 Å². The molecule has 2 rings (SSSR count). The number of nitrogens with one attached hydrogen (secondary N) is 1. The van der Waals surface area contributed by atoms with E-state index >= 15 is 0 Å². The molecule has 0 saturated heterocycles. The van der Waals surface area contributed by atoms with Crippen LogP contribution in [-0.2, 0) is 11.3 Å². The maximum atomic E-state index is 11.2. The Bertz CT molecular complexity index is 431. The van der Waals surface area contributed by atoms with Gasteiger partial charge in [-0.2, -0.15) is 0 Å². The average Bonchev–Trinajstić information content (AvgIpc) is 2.35. The molecule has 1 aromatic rings. The lowest BCUT2D eigenvalue weighted by Crippen LogP contribution is -2.46. The SMILES string of the molecule is CC(C)N(CC(N)=O)C1CNCc2ccccc21. The van der Waals surface area contributed by atoms with Crippen LogP contribution in [0.1, 0.15) is 31.0 Å². The van der Waals surface area contributed by atoms with E-state index in [2.05, 4.69) is 48.3 Å². The number of carbonyl (C=O) groups excluding carboxylic acids is 1. The zero-order valence-electron chi connectivity index (χ0n) is 11.0. The van der Waals surface area contributed by atoms with Gasteiger partial charge in [0.2, 0.25) is 5.91 Å². The number of nitrogens with two attached hydrogens (primary N) is 1. The first-order valence-electron chi connectivity index (χ1n) is 6.42. The highest BCUT2D eigenvalue weighted by Gasteiger charge is 2.28. The van der Waals surface area contributed by atoms with Gasteiger partial charge < -0.3 is 11.1 Å². The zero-order valence-corrected chi connectivity index (χ0v) is 11.0. The molecule has 0 aliphatic carbocycles. The summed E-state index contributed by atoms with van der Waals surface area (Å²) in [5.41, 5.74) is 7.98. The minimum absolute atomic E-state index is 0.224. The van der Waals surface area contributed by atoms with Crippen molar-refractivity contribution in [3.8, 4) is 0 Å². The molecule has 1 aliphatic heterocycles. The predicted molar refractivity (Wildman–Crippen MR) is 71.9 cm³/mol. The van der Waals surface area contributed by atoms with Crippen LogP contribution in [0, 0.1) is 0 Å². The minimum Gasteiger partial charge on any atom is -0.369 e. The van der Waals surface area contributed by atoms with Gasteiger partial charge in [-0.05, 0) is 25.0 Å². The van der Waals surface area contributed by atoms with Crippen molar-refractivity contribution in [1.82, 2.24) is 10.2 Å². The zero-order chi connectivity index (χ0) is 13.1. The lowest BCUT2D eigenvalue weighted by atomic mass is 9.94. The number of carbonyl (C=O) groups is 1. The van der Waals surface area contributed by atoms with Crippen molar-refractivity contribution in [2.24, 2.45) is 5.73 Å². The Morgan fingerprint density at radius 3 is 2.89 bits per heavy atom. The van der Waals surface area contributed by atoms with Crippen LogP contribution in [-0.4, -0.2) is 29.9 Å². The molecule has 0 radical (unpaired) electrons. The third-order valence-corrected chi connectivity index (χ3v) is 3.47. The van der Waals surface area contributed by atoms with Crippen molar-refractivity contribution in [1.29, 1.82) is 0 Å². The van der Waals surface area contributed by atoms with Crippen molar-refractivity contribution in [2.45, 2.75) is 32.5 Å². The lowest BCUT2D eigenvalue weighted by molar-refractivity contribution is -0.120. The van der Waals surface area contributed by atoms with Crippen molar-refractivity contribution in [2.75, 3.05) is 13.1 Å². The van der Waals surface area contributed by atoms with E-state index in [-0.39, 0.29) is 18.0 Å². The second kappa shape index (κ2) is 5.50. The van der Waals surface area contributed by atoms with Gasteiger partial charge in [0.05, 0.1) is 6.54 Å². The van der Waals surface area contributed by atoms with Gasteiger partial charge in [-0.1, -0.05) is 24.3 Å². The average molecular weight is 247 g/mol. The highest BCUT2D eigenvalue weighted by atomic mass is 16.1. The van der Waals surface area contributed by atoms with Crippen LogP contribution >= 0.6 is 0 Å². The Morgan fingerprint density at radius 2 is 2.22 bits per heavy atom. The summed E-state index contributed by atoms with van der Waals surface area (Å²) in [4.78, 5) is 13.4. The molecule has 1 heterocycles. The lowest BCUT2D eigenvalue weighted by Gasteiger charge is -2.38. The Morgan fingerprint density at radius 1 is 1.50 bits per heavy atom. The third-order valence-electron chi connectivity index (χ3n) is 3.47. The van der Waals surface area contributed by atoms with E-state index in [1.165, 1.54) is 11.1 Å². The fourth-order valence-corrected chi connectivity index (χ4v) is 2.60.